The highest BCUT2D eigenvalue weighted by atomic mass is 32.2. The minimum Gasteiger partial charge on any atom is -0.495 e. The first kappa shape index (κ1) is 24.1. The smallest absolute Gasteiger partial charge is 0.251 e. The number of amides is 1. The lowest BCUT2D eigenvalue weighted by Crippen LogP contribution is -2.40. The molecule has 1 aliphatic rings. The first-order valence-electron chi connectivity index (χ1n) is 11.1. The molecule has 174 valence electrons. The molecule has 0 spiro atoms. The quantitative estimate of drug-likeness (QED) is 0.654. The second-order valence-corrected chi connectivity index (χ2v) is 10.1. The van der Waals surface area contributed by atoms with Crippen LogP contribution in [-0.2, 0) is 10.0 Å². The van der Waals surface area contributed by atoms with Crippen LogP contribution in [0.3, 0.4) is 0 Å². The summed E-state index contributed by atoms with van der Waals surface area (Å²) in [5, 5.41) is 2.93. The Bertz CT molecular complexity index is 1000. The van der Waals surface area contributed by atoms with Crippen molar-refractivity contribution in [1.29, 1.82) is 0 Å². The van der Waals surface area contributed by atoms with Crippen molar-refractivity contribution in [3.63, 3.8) is 0 Å². The van der Waals surface area contributed by atoms with Crippen LogP contribution < -0.4 is 15.0 Å². The number of rotatable bonds is 8. The molecule has 1 amide bonds. The number of methoxy groups -OCH3 is 1. The zero-order valence-corrected chi connectivity index (χ0v) is 19.9. The molecule has 0 radical (unpaired) electrons. The lowest BCUT2D eigenvalue weighted by Gasteiger charge is -2.27. The molecule has 3 rings (SSSR count). The molecule has 32 heavy (non-hydrogen) atoms. The van der Waals surface area contributed by atoms with Gasteiger partial charge in [0.15, 0.2) is 0 Å². The maximum atomic E-state index is 13.3. The fraction of sp³-hybridized carbons (Fsp3) is 0.458. The summed E-state index contributed by atoms with van der Waals surface area (Å²) < 4.78 is 33.5. The second kappa shape index (κ2) is 10.8. The Hall–Kier alpha value is -2.58. The average molecular weight is 460 g/mol. The number of hydrogen-bond acceptors (Lipinski definition) is 5. The molecule has 1 unspecified atom stereocenters. The highest BCUT2D eigenvalue weighted by Gasteiger charge is 2.29. The van der Waals surface area contributed by atoms with Gasteiger partial charge < -0.3 is 15.0 Å². The first-order chi connectivity index (χ1) is 15.3. The number of ether oxygens (including phenoxy) is 1. The van der Waals surface area contributed by atoms with Crippen molar-refractivity contribution in [2.45, 2.75) is 43.5 Å². The Kier molecular flexibility index (Phi) is 8.15. The van der Waals surface area contributed by atoms with Crippen LogP contribution in [0.25, 0.3) is 0 Å². The summed E-state index contributed by atoms with van der Waals surface area (Å²) in [6.07, 6.45) is 3.74. The number of nitrogens with one attached hydrogen (secondary N) is 1. The van der Waals surface area contributed by atoms with E-state index >= 15 is 0 Å². The molecule has 0 bridgehead atoms. The van der Waals surface area contributed by atoms with Crippen LogP contribution in [-0.4, -0.2) is 58.5 Å². The Morgan fingerprint density at radius 2 is 1.75 bits per heavy atom. The molecule has 1 heterocycles. The maximum absolute atomic E-state index is 13.3. The zero-order valence-electron chi connectivity index (χ0n) is 19.1. The molecule has 1 fully saturated rings. The van der Waals surface area contributed by atoms with Crippen molar-refractivity contribution < 1.29 is 17.9 Å². The van der Waals surface area contributed by atoms with Crippen LogP contribution in [0.4, 0.5) is 5.69 Å². The molecule has 2 aromatic rings. The SMILES string of the molecule is COc1ccc(C(=O)NCC(C)N(C)c2ccccc2)cc1S(=O)(=O)N1CCCCCC1. The molecule has 1 saturated heterocycles. The van der Waals surface area contributed by atoms with Crippen molar-refractivity contribution in [2.75, 3.05) is 38.7 Å². The van der Waals surface area contributed by atoms with Gasteiger partial charge in [0.1, 0.15) is 10.6 Å². The number of anilines is 1. The summed E-state index contributed by atoms with van der Waals surface area (Å²) in [5.74, 6) is -0.0590. The Balaban J connectivity index is 1.74. The molecule has 7 nitrogen and oxygen atoms in total. The van der Waals surface area contributed by atoms with Gasteiger partial charge in [-0.2, -0.15) is 4.31 Å². The van der Waals surface area contributed by atoms with Gasteiger partial charge in [0.2, 0.25) is 10.0 Å². The standard InChI is InChI=1S/C24H33N3O4S/c1-19(26(2)21-11-7-6-8-12-21)18-25-24(28)20-13-14-22(31-3)23(17-20)32(29,30)27-15-9-4-5-10-16-27/h6-8,11-14,17,19H,4-5,9-10,15-16,18H2,1-3H3,(H,25,28). The molecular weight excluding hydrogens is 426 g/mol. The normalized spacial score (nSPS) is 16.1. The zero-order chi connectivity index (χ0) is 23.1. The number of para-hydroxylation sites is 1. The van der Waals surface area contributed by atoms with Gasteiger partial charge in [-0.3, -0.25) is 4.79 Å². The number of carbonyl (C=O) groups excluding carboxylic acids is 1. The molecule has 0 aliphatic carbocycles. The van der Waals surface area contributed by atoms with Crippen LogP contribution in [0.1, 0.15) is 43.0 Å². The lowest BCUT2D eigenvalue weighted by molar-refractivity contribution is 0.0951. The molecule has 1 atom stereocenters. The number of hydrogen-bond donors (Lipinski definition) is 1. The molecule has 1 N–H and O–H groups in total. The van der Waals surface area contributed by atoms with Crippen molar-refractivity contribution in [1.82, 2.24) is 9.62 Å². The second-order valence-electron chi connectivity index (χ2n) is 8.19. The highest BCUT2D eigenvalue weighted by molar-refractivity contribution is 7.89. The van der Waals surface area contributed by atoms with Gasteiger partial charge in [-0.05, 0) is 50.1 Å². The Labute approximate surface area is 191 Å². The molecule has 2 aromatic carbocycles. The molecule has 1 aliphatic heterocycles. The fourth-order valence-electron chi connectivity index (χ4n) is 3.84. The fourth-order valence-corrected chi connectivity index (χ4v) is 5.54. The summed E-state index contributed by atoms with van der Waals surface area (Å²) in [6.45, 7) is 3.43. The van der Waals surface area contributed by atoms with Crippen LogP contribution in [0.2, 0.25) is 0 Å². The van der Waals surface area contributed by atoms with Gasteiger partial charge >= 0.3 is 0 Å². The summed E-state index contributed by atoms with van der Waals surface area (Å²) in [6, 6.07) is 14.6. The van der Waals surface area contributed by atoms with Crippen molar-refractivity contribution >= 4 is 21.6 Å². The monoisotopic (exact) mass is 459 g/mol. The van der Waals surface area contributed by atoms with E-state index in [2.05, 4.69) is 10.2 Å². The van der Waals surface area contributed by atoms with Gasteiger partial charge in [-0.15, -0.1) is 0 Å². The maximum Gasteiger partial charge on any atom is 0.251 e. The van der Waals surface area contributed by atoms with Crippen LogP contribution >= 0.6 is 0 Å². The third-order valence-corrected chi connectivity index (χ3v) is 7.91. The van der Waals surface area contributed by atoms with Gasteiger partial charge in [0.05, 0.1) is 7.11 Å². The lowest BCUT2D eigenvalue weighted by atomic mass is 10.2. The van der Waals surface area contributed by atoms with Gasteiger partial charge in [0.25, 0.3) is 5.91 Å². The number of sulfonamides is 1. The van der Waals surface area contributed by atoms with E-state index in [1.54, 1.807) is 12.1 Å². The number of benzene rings is 2. The summed E-state index contributed by atoms with van der Waals surface area (Å²) in [4.78, 5) is 15.0. The van der Waals surface area contributed by atoms with E-state index in [9.17, 15) is 13.2 Å². The molecule has 8 heteroatoms. The molecular formula is C24H33N3O4S. The summed E-state index contributed by atoms with van der Waals surface area (Å²) >= 11 is 0. The van der Waals surface area contributed by atoms with Gasteiger partial charge in [-0.1, -0.05) is 31.0 Å². The van der Waals surface area contributed by atoms with Crippen LogP contribution in [0.15, 0.2) is 53.4 Å². The minimum absolute atomic E-state index is 0.0454. The number of likely N-dealkylation sites (N-methyl/N-ethyl adjacent to an activating group) is 1. The van der Waals surface area contributed by atoms with E-state index in [0.717, 1.165) is 31.4 Å². The highest BCUT2D eigenvalue weighted by Crippen LogP contribution is 2.29. The summed E-state index contributed by atoms with van der Waals surface area (Å²) in [7, 11) is -0.325. The van der Waals surface area contributed by atoms with E-state index < -0.39 is 10.0 Å². The molecule has 0 aromatic heterocycles. The molecule has 0 saturated carbocycles. The summed E-state index contributed by atoms with van der Waals surface area (Å²) in [5.41, 5.74) is 1.36. The van der Waals surface area contributed by atoms with Gasteiger partial charge in [-0.25, -0.2) is 8.42 Å². The predicted octanol–water partition coefficient (Wildman–Crippen LogP) is 3.51. The van der Waals surface area contributed by atoms with E-state index in [1.165, 1.54) is 17.5 Å². The van der Waals surface area contributed by atoms with Crippen molar-refractivity contribution in [3.05, 3.63) is 54.1 Å². The Morgan fingerprint density at radius 1 is 1.09 bits per heavy atom. The van der Waals surface area contributed by atoms with E-state index in [4.69, 9.17) is 4.74 Å². The largest absolute Gasteiger partial charge is 0.495 e. The number of nitrogens with zero attached hydrogens (tertiary/aromatic N) is 2. The third-order valence-electron chi connectivity index (χ3n) is 5.99. The van der Waals surface area contributed by atoms with E-state index in [0.29, 0.717) is 25.2 Å². The average Bonchev–Trinajstić information content (AvgIpc) is 3.12. The van der Waals surface area contributed by atoms with Crippen molar-refractivity contribution in [2.24, 2.45) is 0 Å². The van der Waals surface area contributed by atoms with Crippen LogP contribution in [0.5, 0.6) is 5.75 Å². The number of carbonyl (C=O) groups is 1. The first-order valence-corrected chi connectivity index (χ1v) is 12.5. The van der Waals surface area contributed by atoms with E-state index in [-0.39, 0.29) is 22.6 Å². The van der Waals surface area contributed by atoms with Gasteiger partial charge in [0, 0.05) is 44.0 Å². The van der Waals surface area contributed by atoms with Crippen LogP contribution in [0, 0.1) is 0 Å². The topological polar surface area (TPSA) is 79.0 Å². The van der Waals surface area contributed by atoms with E-state index in [1.807, 2.05) is 44.3 Å². The Morgan fingerprint density at radius 3 is 2.38 bits per heavy atom. The third kappa shape index (κ3) is 5.61. The predicted molar refractivity (Wildman–Crippen MR) is 127 cm³/mol. The minimum atomic E-state index is -3.74. The van der Waals surface area contributed by atoms with Crippen molar-refractivity contribution in [3.8, 4) is 5.75 Å².